The molecule has 22 heavy (non-hydrogen) atoms. The first-order valence-corrected chi connectivity index (χ1v) is 8.52. The molecular formula is C16H21N3O2S. The molecule has 2 rings (SSSR count). The van der Waals surface area contributed by atoms with Gasteiger partial charge in [0.1, 0.15) is 6.10 Å². The Hall–Kier alpha value is -1.79. The average Bonchev–Trinajstić information content (AvgIpc) is 3.07. The lowest BCUT2D eigenvalue weighted by atomic mass is 10.1. The summed E-state index contributed by atoms with van der Waals surface area (Å²) >= 11 is 1.62. The molecule has 1 atom stereocenters. The van der Waals surface area contributed by atoms with Crippen LogP contribution in [-0.2, 0) is 11.3 Å². The summed E-state index contributed by atoms with van der Waals surface area (Å²) in [6, 6.07) is 9.73. The lowest BCUT2D eigenvalue weighted by molar-refractivity contribution is -0.139. The van der Waals surface area contributed by atoms with Gasteiger partial charge in [0.05, 0.1) is 5.69 Å². The van der Waals surface area contributed by atoms with Gasteiger partial charge < -0.3 is 10.0 Å². The van der Waals surface area contributed by atoms with E-state index in [4.69, 9.17) is 0 Å². The summed E-state index contributed by atoms with van der Waals surface area (Å²) in [6.45, 7) is 0.481. The van der Waals surface area contributed by atoms with Gasteiger partial charge in [-0.2, -0.15) is 16.9 Å². The summed E-state index contributed by atoms with van der Waals surface area (Å²) in [7, 11) is 1.71. The van der Waals surface area contributed by atoms with Crippen molar-refractivity contribution in [2.45, 2.75) is 19.1 Å². The zero-order chi connectivity index (χ0) is 15.9. The molecule has 0 aliphatic heterocycles. The number of benzene rings is 1. The number of likely N-dealkylation sites (N-methyl/N-ethyl adjacent to an activating group) is 1. The van der Waals surface area contributed by atoms with E-state index in [2.05, 4.69) is 5.10 Å². The zero-order valence-corrected chi connectivity index (χ0v) is 13.7. The monoisotopic (exact) mass is 319 g/mol. The predicted molar refractivity (Wildman–Crippen MR) is 89.0 cm³/mol. The molecule has 5 nitrogen and oxygen atoms in total. The maximum absolute atomic E-state index is 12.1. The summed E-state index contributed by atoms with van der Waals surface area (Å²) in [5.74, 6) is 0.546. The van der Waals surface area contributed by atoms with Crippen LogP contribution in [0.2, 0.25) is 0 Å². The molecule has 1 aromatic carbocycles. The maximum atomic E-state index is 12.1. The predicted octanol–water partition coefficient (Wildman–Crippen LogP) is 1.94. The number of carbonyl (C=O) groups is 1. The molecule has 0 spiro atoms. The van der Waals surface area contributed by atoms with Gasteiger partial charge in [-0.1, -0.05) is 12.1 Å². The zero-order valence-electron chi connectivity index (χ0n) is 12.8. The normalized spacial score (nSPS) is 12.1. The third-order valence-corrected chi connectivity index (χ3v) is 4.03. The molecule has 2 aromatic rings. The smallest absolute Gasteiger partial charge is 0.251 e. The standard InChI is InChI=1S/C16H21N3O2S/c1-18(16(21)15(20)8-11-22-2)12-13-4-6-14(7-5-13)19-10-3-9-17-19/h3-7,9-10,15,20H,8,11-12H2,1-2H3. The molecule has 6 heteroatoms. The fraction of sp³-hybridized carbons (Fsp3) is 0.375. The van der Waals surface area contributed by atoms with Gasteiger partial charge in [0.15, 0.2) is 0 Å². The minimum Gasteiger partial charge on any atom is -0.383 e. The highest BCUT2D eigenvalue weighted by Gasteiger charge is 2.18. The summed E-state index contributed by atoms with van der Waals surface area (Å²) < 4.78 is 1.78. The quantitative estimate of drug-likeness (QED) is 0.847. The van der Waals surface area contributed by atoms with Gasteiger partial charge in [-0.3, -0.25) is 4.79 Å². The van der Waals surface area contributed by atoms with E-state index in [-0.39, 0.29) is 5.91 Å². The number of amides is 1. The van der Waals surface area contributed by atoms with Crippen LogP contribution in [0.4, 0.5) is 0 Å². The Morgan fingerprint density at radius 3 is 2.73 bits per heavy atom. The Bertz CT molecular complexity index is 584. The van der Waals surface area contributed by atoms with Crippen molar-refractivity contribution < 1.29 is 9.90 Å². The number of nitrogens with zero attached hydrogens (tertiary/aromatic N) is 3. The highest BCUT2D eigenvalue weighted by molar-refractivity contribution is 7.98. The van der Waals surface area contributed by atoms with E-state index in [9.17, 15) is 9.90 Å². The molecule has 0 fully saturated rings. The number of aromatic nitrogens is 2. The summed E-state index contributed by atoms with van der Waals surface area (Å²) in [6.07, 6.45) is 5.15. The fourth-order valence-corrected chi connectivity index (χ4v) is 2.59. The van der Waals surface area contributed by atoms with E-state index in [0.717, 1.165) is 17.0 Å². The molecule has 0 saturated carbocycles. The molecule has 0 saturated heterocycles. The number of hydrogen-bond donors (Lipinski definition) is 1. The molecule has 0 radical (unpaired) electrons. The highest BCUT2D eigenvalue weighted by atomic mass is 32.2. The maximum Gasteiger partial charge on any atom is 0.251 e. The number of rotatable bonds is 7. The second-order valence-electron chi connectivity index (χ2n) is 5.11. The van der Waals surface area contributed by atoms with E-state index in [1.165, 1.54) is 0 Å². The van der Waals surface area contributed by atoms with Crippen LogP contribution in [0.3, 0.4) is 0 Å². The summed E-state index contributed by atoms with van der Waals surface area (Å²) in [5.41, 5.74) is 1.99. The largest absolute Gasteiger partial charge is 0.383 e. The molecule has 0 aliphatic rings. The third-order valence-electron chi connectivity index (χ3n) is 3.38. The third kappa shape index (κ3) is 4.35. The molecule has 0 bridgehead atoms. The van der Waals surface area contributed by atoms with Gasteiger partial charge in [0, 0.05) is 26.0 Å². The van der Waals surface area contributed by atoms with E-state index >= 15 is 0 Å². The number of aliphatic hydroxyl groups is 1. The summed E-state index contributed by atoms with van der Waals surface area (Å²) in [4.78, 5) is 13.6. The molecular weight excluding hydrogens is 298 g/mol. The molecule has 1 unspecified atom stereocenters. The van der Waals surface area contributed by atoms with E-state index < -0.39 is 6.10 Å². The minimum absolute atomic E-state index is 0.231. The molecule has 1 aromatic heterocycles. The van der Waals surface area contributed by atoms with Crippen molar-refractivity contribution >= 4 is 17.7 Å². The van der Waals surface area contributed by atoms with Crippen molar-refractivity contribution in [1.82, 2.24) is 14.7 Å². The van der Waals surface area contributed by atoms with Crippen LogP contribution in [0.1, 0.15) is 12.0 Å². The first-order valence-electron chi connectivity index (χ1n) is 7.12. The first kappa shape index (κ1) is 16.6. The molecule has 1 N–H and O–H groups in total. The fourth-order valence-electron chi connectivity index (χ4n) is 2.13. The van der Waals surface area contributed by atoms with Crippen molar-refractivity contribution in [3.8, 4) is 5.69 Å². The summed E-state index contributed by atoms with van der Waals surface area (Å²) in [5, 5.41) is 14.0. The Kier molecular flexibility index (Phi) is 6.03. The Morgan fingerprint density at radius 2 is 2.14 bits per heavy atom. The molecule has 118 valence electrons. The van der Waals surface area contributed by atoms with Crippen molar-refractivity contribution in [3.63, 3.8) is 0 Å². The van der Waals surface area contributed by atoms with Gasteiger partial charge in [0.2, 0.25) is 0 Å². The minimum atomic E-state index is -0.916. The van der Waals surface area contributed by atoms with Gasteiger partial charge >= 0.3 is 0 Å². The lowest BCUT2D eigenvalue weighted by Gasteiger charge is -2.20. The molecule has 1 heterocycles. The van der Waals surface area contributed by atoms with Crippen LogP contribution in [0.5, 0.6) is 0 Å². The average molecular weight is 319 g/mol. The second kappa shape index (κ2) is 8.00. The Labute approximate surface area is 134 Å². The SMILES string of the molecule is CSCCC(O)C(=O)N(C)Cc1ccc(-n2cccn2)cc1. The van der Waals surface area contributed by atoms with Gasteiger partial charge in [-0.25, -0.2) is 4.68 Å². The van der Waals surface area contributed by atoms with E-state index in [1.807, 2.05) is 42.8 Å². The van der Waals surface area contributed by atoms with E-state index in [1.54, 1.807) is 34.6 Å². The molecule has 0 aliphatic carbocycles. The Morgan fingerprint density at radius 1 is 1.41 bits per heavy atom. The van der Waals surface area contributed by atoms with Crippen LogP contribution < -0.4 is 0 Å². The van der Waals surface area contributed by atoms with Crippen LogP contribution in [0, 0.1) is 0 Å². The Balaban J connectivity index is 1.94. The van der Waals surface area contributed by atoms with Crippen molar-refractivity contribution in [2.24, 2.45) is 0 Å². The first-order chi connectivity index (χ1) is 10.6. The number of aliphatic hydroxyl groups excluding tert-OH is 1. The van der Waals surface area contributed by atoms with Crippen molar-refractivity contribution in [1.29, 1.82) is 0 Å². The number of hydrogen-bond acceptors (Lipinski definition) is 4. The number of carbonyl (C=O) groups excluding carboxylic acids is 1. The van der Waals surface area contributed by atoms with Gasteiger partial charge in [-0.05, 0) is 42.2 Å². The van der Waals surface area contributed by atoms with Gasteiger partial charge in [-0.15, -0.1) is 0 Å². The van der Waals surface area contributed by atoms with Crippen LogP contribution >= 0.6 is 11.8 Å². The van der Waals surface area contributed by atoms with E-state index in [0.29, 0.717) is 13.0 Å². The molecule has 1 amide bonds. The number of thioether (sulfide) groups is 1. The van der Waals surface area contributed by atoms with Crippen molar-refractivity contribution in [3.05, 3.63) is 48.3 Å². The van der Waals surface area contributed by atoms with Crippen LogP contribution in [-0.4, -0.2) is 50.9 Å². The second-order valence-corrected chi connectivity index (χ2v) is 6.09. The van der Waals surface area contributed by atoms with Crippen LogP contribution in [0.15, 0.2) is 42.7 Å². The highest BCUT2D eigenvalue weighted by Crippen LogP contribution is 2.11. The topological polar surface area (TPSA) is 58.4 Å². The van der Waals surface area contributed by atoms with Crippen molar-refractivity contribution in [2.75, 3.05) is 19.1 Å². The lowest BCUT2D eigenvalue weighted by Crippen LogP contribution is -2.36. The van der Waals surface area contributed by atoms with Gasteiger partial charge in [0.25, 0.3) is 5.91 Å². The van der Waals surface area contributed by atoms with Crippen LogP contribution in [0.25, 0.3) is 5.69 Å².